The van der Waals surface area contributed by atoms with Crippen molar-refractivity contribution in [3.63, 3.8) is 0 Å². The van der Waals surface area contributed by atoms with Gasteiger partial charge in [0, 0.05) is 30.2 Å². The number of carbonyl (C=O) groups excluding carboxylic acids is 1. The number of piperidine rings is 1. The van der Waals surface area contributed by atoms with Crippen molar-refractivity contribution < 1.29 is 18.3 Å². The van der Waals surface area contributed by atoms with Gasteiger partial charge in [0.2, 0.25) is 5.91 Å². The third-order valence-electron chi connectivity index (χ3n) is 4.16. The van der Waals surface area contributed by atoms with Crippen LogP contribution in [0.4, 0.5) is 8.78 Å². The first-order valence-electron chi connectivity index (χ1n) is 9.13. The molecule has 1 aliphatic heterocycles. The van der Waals surface area contributed by atoms with Gasteiger partial charge in [0.15, 0.2) is 5.96 Å². The smallest absolute Gasteiger partial charge is 0.387 e. The van der Waals surface area contributed by atoms with E-state index in [9.17, 15) is 13.6 Å². The van der Waals surface area contributed by atoms with Gasteiger partial charge < -0.3 is 20.3 Å². The summed E-state index contributed by atoms with van der Waals surface area (Å²) in [6.07, 6.45) is 3.18. The molecular weight excluding hydrogens is 540 g/mol. The summed E-state index contributed by atoms with van der Waals surface area (Å²) in [4.78, 5) is 18.4. The lowest BCUT2D eigenvalue weighted by Gasteiger charge is -2.27. The van der Waals surface area contributed by atoms with Crippen molar-refractivity contribution in [3.05, 3.63) is 27.7 Å². The van der Waals surface area contributed by atoms with Gasteiger partial charge in [-0.2, -0.15) is 8.78 Å². The van der Waals surface area contributed by atoms with E-state index in [1.54, 1.807) is 0 Å². The fraction of sp³-hybridized carbons (Fsp3) is 0.556. The maximum Gasteiger partial charge on any atom is 0.387 e. The third kappa shape index (κ3) is 8.67. The zero-order valence-electron chi connectivity index (χ0n) is 16.0. The summed E-state index contributed by atoms with van der Waals surface area (Å²) in [5.74, 6) is 0.217. The van der Waals surface area contributed by atoms with Crippen LogP contribution in [0.1, 0.15) is 31.7 Å². The number of aliphatic imine (C=N–C) groups is 1. The zero-order chi connectivity index (χ0) is 20.5. The molecule has 6 nitrogen and oxygen atoms in total. The van der Waals surface area contributed by atoms with Crippen LogP contribution < -0.4 is 15.4 Å². The van der Waals surface area contributed by atoms with Gasteiger partial charge >= 0.3 is 6.61 Å². The Balaban J connectivity index is 0.00000420. The Morgan fingerprint density at radius 1 is 1.24 bits per heavy atom. The van der Waals surface area contributed by atoms with Gasteiger partial charge in [-0.1, -0.05) is 23.2 Å². The molecule has 0 unspecified atom stereocenters. The van der Waals surface area contributed by atoms with Crippen LogP contribution >= 0.6 is 47.2 Å². The molecule has 0 aliphatic carbocycles. The van der Waals surface area contributed by atoms with E-state index in [1.807, 2.05) is 11.8 Å². The number of ether oxygens (including phenoxy) is 1. The molecule has 29 heavy (non-hydrogen) atoms. The van der Waals surface area contributed by atoms with E-state index in [2.05, 4.69) is 20.4 Å². The molecule has 0 radical (unpaired) electrons. The topological polar surface area (TPSA) is 66.0 Å². The summed E-state index contributed by atoms with van der Waals surface area (Å²) in [5, 5.41) is 6.25. The molecule has 1 saturated heterocycles. The highest BCUT2D eigenvalue weighted by Crippen LogP contribution is 2.34. The van der Waals surface area contributed by atoms with E-state index in [0.29, 0.717) is 18.1 Å². The lowest BCUT2D eigenvalue weighted by molar-refractivity contribution is -0.130. The standard InChI is InChI=1S/C18H24Cl2F2N4O2.HI/c1-2-23-18(25-11-15(27)26-6-4-3-5-7-26)24-10-12-8-13(19)9-14(20)16(12)28-17(21)22;/h8-9,17H,2-7,10-11H2,1H3,(H2,23,24,25);1H. The van der Waals surface area contributed by atoms with Gasteiger partial charge in [-0.15, -0.1) is 24.0 Å². The number of nitrogens with zero attached hydrogens (tertiary/aromatic N) is 2. The number of rotatable bonds is 7. The predicted molar refractivity (Wildman–Crippen MR) is 122 cm³/mol. The molecule has 11 heteroatoms. The third-order valence-corrected chi connectivity index (χ3v) is 4.66. The Kier molecular flexibility index (Phi) is 11.9. The SMILES string of the molecule is CCNC(=NCc1cc(Cl)cc(Cl)c1OC(F)F)NCC(=O)N1CCCCC1.I. The highest BCUT2D eigenvalue weighted by Gasteiger charge is 2.17. The molecule has 0 atom stereocenters. The Hall–Kier alpha value is -1.07. The average molecular weight is 565 g/mol. The minimum Gasteiger partial charge on any atom is -0.433 e. The number of nitrogens with one attached hydrogen (secondary N) is 2. The van der Waals surface area contributed by atoms with Crippen molar-refractivity contribution in [1.29, 1.82) is 0 Å². The van der Waals surface area contributed by atoms with E-state index < -0.39 is 6.61 Å². The van der Waals surface area contributed by atoms with E-state index >= 15 is 0 Å². The van der Waals surface area contributed by atoms with Crippen LogP contribution in [-0.4, -0.2) is 49.6 Å². The van der Waals surface area contributed by atoms with Crippen molar-refractivity contribution in [2.24, 2.45) is 4.99 Å². The Labute approximate surface area is 196 Å². The average Bonchev–Trinajstić information content (AvgIpc) is 2.66. The highest BCUT2D eigenvalue weighted by molar-refractivity contribution is 14.0. The molecule has 0 bridgehead atoms. The van der Waals surface area contributed by atoms with Crippen LogP contribution in [0.3, 0.4) is 0 Å². The number of amides is 1. The quantitative estimate of drug-likeness (QED) is 0.295. The summed E-state index contributed by atoms with van der Waals surface area (Å²) in [6, 6.07) is 2.80. The summed E-state index contributed by atoms with van der Waals surface area (Å²) in [6.45, 7) is 1.06. The van der Waals surface area contributed by atoms with Gasteiger partial charge in [0.1, 0.15) is 5.75 Å². The van der Waals surface area contributed by atoms with Gasteiger partial charge in [0.05, 0.1) is 18.1 Å². The minimum atomic E-state index is -3.02. The molecule has 2 N–H and O–H groups in total. The Bertz CT molecular complexity index is 705. The molecule has 1 aliphatic rings. The fourth-order valence-electron chi connectivity index (χ4n) is 2.87. The number of carbonyl (C=O) groups is 1. The lowest BCUT2D eigenvalue weighted by atomic mass is 10.1. The number of likely N-dealkylation sites (tertiary alicyclic amines) is 1. The van der Waals surface area contributed by atoms with Crippen LogP contribution in [0.2, 0.25) is 10.0 Å². The maximum absolute atomic E-state index is 12.7. The van der Waals surface area contributed by atoms with Crippen LogP contribution in [0.25, 0.3) is 0 Å². The summed E-state index contributed by atoms with van der Waals surface area (Å²) >= 11 is 11.9. The summed E-state index contributed by atoms with van der Waals surface area (Å²) in [5.41, 5.74) is 0.317. The fourth-order valence-corrected chi connectivity index (χ4v) is 3.45. The highest BCUT2D eigenvalue weighted by atomic mass is 127. The summed E-state index contributed by atoms with van der Waals surface area (Å²) < 4.78 is 29.8. The van der Waals surface area contributed by atoms with Crippen molar-refractivity contribution in [2.75, 3.05) is 26.2 Å². The van der Waals surface area contributed by atoms with Crippen LogP contribution in [0.5, 0.6) is 5.75 Å². The number of hydrogen-bond donors (Lipinski definition) is 2. The normalized spacial score (nSPS) is 14.4. The minimum absolute atomic E-state index is 0. The van der Waals surface area contributed by atoms with Crippen molar-refractivity contribution >= 4 is 59.0 Å². The second kappa shape index (κ2) is 13.3. The monoisotopic (exact) mass is 564 g/mol. The molecule has 1 fully saturated rings. The van der Waals surface area contributed by atoms with Crippen molar-refractivity contribution in [1.82, 2.24) is 15.5 Å². The zero-order valence-corrected chi connectivity index (χ0v) is 19.9. The van der Waals surface area contributed by atoms with Gasteiger partial charge in [0.25, 0.3) is 0 Å². The van der Waals surface area contributed by atoms with Gasteiger partial charge in [-0.25, -0.2) is 4.99 Å². The number of hydrogen-bond acceptors (Lipinski definition) is 3. The summed E-state index contributed by atoms with van der Waals surface area (Å²) in [7, 11) is 0. The first-order valence-corrected chi connectivity index (χ1v) is 9.89. The molecule has 1 amide bonds. The van der Waals surface area contributed by atoms with Gasteiger partial charge in [-0.05, 0) is 38.3 Å². The molecule has 0 aromatic heterocycles. The molecule has 1 aromatic rings. The molecule has 164 valence electrons. The van der Waals surface area contributed by atoms with E-state index in [-0.39, 0.29) is 58.8 Å². The molecular formula is C18H25Cl2F2IN4O2. The van der Waals surface area contributed by atoms with Gasteiger partial charge in [-0.3, -0.25) is 4.79 Å². The first kappa shape index (κ1) is 26.0. The predicted octanol–water partition coefficient (Wildman–Crippen LogP) is 4.28. The van der Waals surface area contributed by atoms with Crippen molar-refractivity contribution in [3.8, 4) is 5.75 Å². The number of halogens is 5. The molecule has 0 saturated carbocycles. The number of guanidine groups is 1. The van der Waals surface area contributed by atoms with Crippen LogP contribution in [-0.2, 0) is 11.3 Å². The molecule has 1 heterocycles. The van der Waals surface area contributed by atoms with E-state index in [0.717, 1.165) is 32.4 Å². The second-order valence-corrected chi connectivity index (χ2v) is 7.09. The maximum atomic E-state index is 12.7. The van der Waals surface area contributed by atoms with Crippen LogP contribution in [0, 0.1) is 0 Å². The first-order chi connectivity index (χ1) is 13.4. The largest absolute Gasteiger partial charge is 0.433 e. The van der Waals surface area contributed by atoms with E-state index in [4.69, 9.17) is 23.2 Å². The van der Waals surface area contributed by atoms with Crippen molar-refractivity contribution in [2.45, 2.75) is 39.3 Å². The van der Waals surface area contributed by atoms with E-state index in [1.165, 1.54) is 12.1 Å². The van der Waals surface area contributed by atoms with Crippen LogP contribution in [0.15, 0.2) is 17.1 Å². The second-order valence-electron chi connectivity index (χ2n) is 6.24. The Morgan fingerprint density at radius 2 is 1.93 bits per heavy atom. The molecule has 2 rings (SSSR count). The number of benzene rings is 1. The Morgan fingerprint density at radius 3 is 2.55 bits per heavy atom. The lowest BCUT2D eigenvalue weighted by Crippen LogP contribution is -2.46. The molecule has 1 aromatic carbocycles. The molecule has 0 spiro atoms. The number of alkyl halides is 2.